The van der Waals surface area contributed by atoms with Gasteiger partial charge < -0.3 is 30.8 Å². The Kier molecular flexibility index (Phi) is 8.46. The Hall–Kier alpha value is -2.11. The van der Waals surface area contributed by atoms with Crippen LogP contribution in [0.5, 0.6) is 0 Å². The average Bonchev–Trinajstić information content (AvgIpc) is 2.96. The molecule has 13 heteroatoms. The fourth-order valence-corrected chi connectivity index (χ4v) is 3.56. The molecule has 0 saturated carbocycles. The number of nitrogens with two attached hydrogens (primary N) is 1. The minimum atomic E-state index is -3.89. The summed E-state index contributed by atoms with van der Waals surface area (Å²) in [6, 6.07) is -0.931. The predicted octanol–water partition coefficient (Wildman–Crippen LogP) is 1.05. The van der Waals surface area contributed by atoms with Crippen LogP contribution in [0, 0.1) is 0 Å². The zero-order valence-corrected chi connectivity index (χ0v) is 17.3. The first kappa shape index (κ1) is 23.9. The Morgan fingerprint density at radius 2 is 2.00 bits per heavy atom. The lowest BCUT2D eigenvalue weighted by molar-refractivity contribution is -0.149. The van der Waals surface area contributed by atoms with Crippen molar-refractivity contribution in [2.75, 3.05) is 12.1 Å². The molecule has 0 amide bonds. The Labute approximate surface area is 162 Å². The molecule has 7 N–H and O–H groups in total. The molecule has 28 heavy (non-hydrogen) atoms. The fourth-order valence-electron chi connectivity index (χ4n) is 2.32. The van der Waals surface area contributed by atoms with Gasteiger partial charge in [0.2, 0.25) is 0 Å². The summed E-state index contributed by atoms with van der Waals surface area (Å²) in [5.74, 6) is -0.326. The fraction of sp³-hybridized carbons (Fsp3) is 0.600. The molecule has 12 nitrogen and oxygen atoms in total. The van der Waals surface area contributed by atoms with Crippen LogP contribution in [0.15, 0.2) is 12.7 Å². The van der Waals surface area contributed by atoms with Crippen LogP contribution >= 0.6 is 7.52 Å². The predicted molar refractivity (Wildman–Crippen MR) is 104 cm³/mol. The van der Waals surface area contributed by atoms with E-state index in [1.807, 2.05) is 0 Å². The van der Waals surface area contributed by atoms with Crippen LogP contribution in [0.3, 0.4) is 0 Å². The number of carbonyl (C=O) groups excluding carboxylic acids is 1. The summed E-state index contributed by atoms with van der Waals surface area (Å²) < 4.78 is 24.4. The van der Waals surface area contributed by atoms with Gasteiger partial charge >= 0.3 is 5.97 Å². The van der Waals surface area contributed by atoms with Crippen LogP contribution in [0.4, 0.5) is 5.82 Å². The highest BCUT2D eigenvalue weighted by molar-refractivity contribution is 7.55. The second-order valence-electron chi connectivity index (χ2n) is 6.47. The first-order chi connectivity index (χ1) is 12.6. The standard InChI is InChI=1S/C15H25N6O5P.H3N/c1-9(2)26-15(22)11(4)20-27(23,24)8-25-10(3)5-21-7-19-12-13(16)17-6-18-14(12)21;/h6-7,9-11H,5,8H2,1-4H3,(H2,16,17,18)(H2,20,23,24);1H3. The maximum Gasteiger partial charge on any atom is 0.323 e. The van der Waals surface area contributed by atoms with E-state index in [1.54, 1.807) is 31.7 Å². The van der Waals surface area contributed by atoms with E-state index in [-0.39, 0.29) is 18.1 Å². The van der Waals surface area contributed by atoms with E-state index in [0.717, 1.165) is 0 Å². The third-order valence-electron chi connectivity index (χ3n) is 3.52. The van der Waals surface area contributed by atoms with E-state index in [2.05, 4.69) is 20.0 Å². The van der Waals surface area contributed by atoms with Gasteiger partial charge in [-0.1, -0.05) is 0 Å². The van der Waals surface area contributed by atoms with Crippen LogP contribution in [0.25, 0.3) is 11.2 Å². The minimum Gasteiger partial charge on any atom is -0.462 e. The van der Waals surface area contributed by atoms with Crippen molar-refractivity contribution in [2.45, 2.75) is 52.5 Å². The summed E-state index contributed by atoms with van der Waals surface area (Å²) in [5, 5.41) is 2.37. The zero-order chi connectivity index (χ0) is 20.2. The number of hydrogen-bond acceptors (Lipinski definition) is 9. The number of aromatic nitrogens is 4. The number of nitrogens with zero attached hydrogens (tertiary/aromatic N) is 4. The first-order valence-electron chi connectivity index (χ1n) is 8.42. The van der Waals surface area contributed by atoms with Crippen molar-refractivity contribution < 1.29 is 23.7 Å². The number of imidazole rings is 1. The van der Waals surface area contributed by atoms with Crippen LogP contribution in [0.1, 0.15) is 27.7 Å². The smallest absolute Gasteiger partial charge is 0.323 e. The van der Waals surface area contributed by atoms with Crippen LogP contribution in [0.2, 0.25) is 0 Å². The van der Waals surface area contributed by atoms with Crippen molar-refractivity contribution in [2.24, 2.45) is 0 Å². The highest BCUT2D eigenvalue weighted by Crippen LogP contribution is 2.36. The van der Waals surface area contributed by atoms with Gasteiger partial charge in [0, 0.05) is 0 Å². The third-order valence-corrected chi connectivity index (χ3v) is 4.81. The molecule has 158 valence electrons. The molecule has 0 aliphatic heterocycles. The van der Waals surface area contributed by atoms with Gasteiger partial charge in [-0.25, -0.2) is 20.0 Å². The van der Waals surface area contributed by atoms with Crippen LogP contribution < -0.4 is 17.0 Å². The van der Waals surface area contributed by atoms with Gasteiger partial charge in [0.25, 0.3) is 7.52 Å². The third kappa shape index (κ3) is 6.50. The Morgan fingerprint density at radius 3 is 2.64 bits per heavy atom. The molecule has 2 rings (SSSR count). The molecule has 2 heterocycles. The molecule has 0 spiro atoms. The summed E-state index contributed by atoms with van der Waals surface area (Å²) in [7, 11) is -3.89. The summed E-state index contributed by atoms with van der Waals surface area (Å²) in [6.07, 6.45) is 1.70. The summed E-state index contributed by atoms with van der Waals surface area (Å²) in [6.45, 7) is 6.95. The van der Waals surface area contributed by atoms with Crippen LogP contribution in [-0.2, 0) is 25.4 Å². The Balaban J connectivity index is 0.00000392. The van der Waals surface area contributed by atoms with E-state index < -0.39 is 32.0 Å². The quantitative estimate of drug-likeness (QED) is 0.337. The van der Waals surface area contributed by atoms with Crippen molar-refractivity contribution in [1.29, 1.82) is 0 Å². The summed E-state index contributed by atoms with van der Waals surface area (Å²) >= 11 is 0. The molecule has 0 aliphatic carbocycles. The number of nitrogens with one attached hydrogen (secondary N) is 1. The first-order valence-corrected chi connectivity index (χ1v) is 10.3. The molecule has 0 bridgehead atoms. The number of carbonyl (C=O) groups is 1. The molecule has 2 aromatic rings. The summed E-state index contributed by atoms with van der Waals surface area (Å²) in [5.41, 5.74) is 6.78. The SMILES string of the molecule is CC(C)OC(=O)C(C)NP(=O)(O)COC(C)Cn1cnc2c(N)ncnc21.N. The van der Waals surface area contributed by atoms with Gasteiger partial charge in [-0.05, 0) is 27.7 Å². The largest absolute Gasteiger partial charge is 0.462 e. The molecule has 0 aromatic carbocycles. The molecular formula is C15H28N7O5P. The number of rotatable bonds is 9. The van der Waals surface area contributed by atoms with E-state index in [1.165, 1.54) is 13.3 Å². The highest BCUT2D eigenvalue weighted by Gasteiger charge is 2.27. The van der Waals surface area contributed by atoms with Gasteiger partial charge in [0.1, 0.15) is 24.2 Å². The van der Waals surface area contributed by atoms with Gasteiger partial charge in [-0.15, -0.1) is 0 Å². The molecule has 0 aliphatic rings. The lowest BCUT2D eigenvalue weighted by atomic mass is 10.4. The molecule has 0 radical (unpaired) electrons. The van der Waals surface area contributed by atoms with Crippen LogP contribution in [-0.4, -0.2) is 55.0 Å². The van der Waals surface area contributed by atoms with Crippen molar-refractivity contribution >= 4 is 30.5 Å². The molecule has 3 atom stereocenters. The topological polar surface area (TPSA) is 189 Å². The number of ether oxygens (including phenoxy) is 2. The number of fused-ring (bicyclic) bond motifs is 1. The number of anilines is 1. The normalized spacial score (nSPS) is 15.6. The lowest BCUT2D eigenvalue weighted by Gasteiger charge is -2.21. The maximum absolute atomic E-state index is 12.2. The molecule has 3 unspecified atom stereocenters. The van der Waals surface area contributed by atoms with Gasteiger partial charge in [0.05, 0.1) is 25.1 Å². The average molecular weight is 417 g/mol. The van der Waals surface area contributed by atoms with Crippen molar-refractivity contribution in [3.8, 4) is 0 Å². The van der Waals surface area contributed by atoms with E-state index in [9.17, 15) is 14.3 Å². The Bertz CT molecular complexity index is 843. The minimum absolute atomic E-state index is 0. The van der Waals surface area contributed by atoms with Gasteiger partial charge in [-0.3, -0.25) is 9.36 Å². The van der Waals surface area contributed by atoms with Gasteiger partial charge in [-0.2, -0.15) is 0 Å². The zero-order valence-electron chi connectivity index (χ0n) is 16.4. The van der Waals surface area contributed by atoms with Crippen molar-refractivity contribution in [3.63, 3.8) is 0 Å². The Morgan fingerprint density at radius 1 is 1.32 bits per heavy atom. The number of esters is 1. The lowest BCUT2D eigenvalue weighted by Crippen LogP contribution is -2.35. The van der Waals surface area contributed by atoms with Gasteiger partial charge in [0.15, 0.2) is 11.5 Å². The highest BCUT2D eigenvalue weighted by atomic mass is 31.2. The van der Waals surface area contributed by atoms with E-state index >= 15 is 0 Å². The van der Waals surface area contributed by atoms with Crippen molar-refractivity contribution in [3.05, 3.63) is 12.7 Å². The molecule has 2 aromatic heterocycles. The molecular weight excluding hydrogens is 389 g/mol. The maximum atomic E-state index is 12.2. The molecule has 0 saturated heterocycles. The van der Waals surface area contributed by atoms with Crippen molar-refractivity contribution in [1.82, 2.24) is 30.8 Å². The molecule has 0 fully saturated rings. The monoisotopic (exact) mass is 417 g/mol. The second-order valence-corrected chi connectivity index (χ2v) is 8.39. The second kappa shape index (κ2) is 9.89. The van der Waals surface area contributed by atoms with E-state index in [4.69, 9.17) is 15.2 Å². The number of nitrogen functional groups attached to an aromatic ring is 1. The number of hydrogen-bond donors (Lipinski definition) is 4. The summed E-state index contributed by atoms with van der Waals surface area (Å²) in [4.78, 5) is 33.9. The van der Waals surface area contributed by atoms with E-state index in [0.29, 0.717) is 17.7 Å².